The van der Waals surface area contributed by atoms with Crippen molar-refractivity contribution in [2.24, 2.45) is 11.1 Å². The van der Waals surface area contributed by atoms with Gasteiger partial charge in [-0.15, -0.1) is 0 Å². The Morgan fingerprint density at radius 2 is 2.10 bits per heavy atom. The van der Waals surface area contributed by atoms with E-state index in [4.69, 9.17) is 10.5 Å². The molecule has 124 valence electrons. The number of nitrogens with zero attached hydrogens (tertiary/aromatic N) is 1. The van der Waals surface area contributed by atoms with E-state index in [0.29, 0.717) is 19.8 Å². The third-order valence-corrected chi connectivity index (χ3v) is 4.14. The average Bonchev–Trinajstić information content (AvgIpc) is 2.43. The summed E-state index contributed by atoms with van der Waals surface area (Å²) in [5.74, 6) is 0.0640. The van der Waals surface area contributed by atoms with Crippen LogP contribution in [0.3, 0.4) is 0 Å². The summed E-state index contributed by atoms with van der Waals surface area (Å²) in [6.07, 6.45) is 1.85. The predicted octanol–water partition coefficient (Wildman–Crippen LogP) is 1.37. The highest BCUT2D eigenvalue weighted by atomic mass is 16.5. The van der Waals surface area contributed by atoms with Gasteiger partial charge in [0.25, 0.3) is 0 Å². The topological polar surface area (TPSA) is 67.6 Å². The van der Waals surface area contributed by atoms with Crippen LogP contribution in [0.4, 0.5) is 0 Å². The van der Waals surface area contributed by atoms with Crippen molar-refractivity contribution in [1.82, 2.24) is 10.2 Å². The molecule has 1 heterocycles. The minimum Gasteiger partial charge on any atom is -0.378 e. The fourth-order valence-corrected chi connectivity index (χ4v) is 3.15. The van der Waals surface area contributed by atoms with Gasteiger partial charge in [0, 0.05) is 25.2 Å². The van der Waals surface area contributed by atoms with E-state index in [1.807, 2.05) is 0 Å². The molecule has 0 radical (unpaired) electrons. The van der Waals surface area contributed by atoms with Gasteiger partial charge < -0.3 is 15.8 Å². The van der Waals surface area contributed by atoms with Crippen molar-refractivity contribution in [2.75, 3.05) is 26.3 Å². The van der Waals surface area contributed by atoms with Crippen molar-refractivity contribution in [3.05, 3.63) is 0 Å². The van der Waals surface area contributed by atoms with Crippen LogP contribution in [0.1, 0.15) is 47.5 Å². The number of amides is 1. The van der Waals surface area contributed by atoms with Gasteiger partial charge in [0.05, 0.1) is 13.2 Å². The van der Waals surface area contributed by atoms with Crippen LogP contribution in [-0.4, -0.2) is 55.2 Å². The molecule has 1 saturated heterocycles. The van der Waals surface area contributed by atoms with Gasteiger partial charge in [0.2, 0.25) is 5.91 Å². The summed E-state index contributed by atoms with van der Waals surface area (Å²) in [7, 11) is 0. The number of ether oxygens (including phenoxy) is 1. The Kier molecular flexibility index (Phi) is 7.10. The van der Waals surface area contributed by atoms with Gasteiger partial charge in [-0.2, -0.15) is 0 Å². The predicted molar refractivity (Wildman–Crippen MR) is 86.1 cm³/mol. The van der Waals surface area contributed by atoms with E-state index >= 15 is 0 Å². The molecule has 0 spiro atoms. The van der Waals surface area contributed by atoms with Crippen LogP contribution < -0.4 is 11.1 Å². The maximum absolute atomic E-state index is 12.4. The average molecular weight is 299 g/mol. The van der Waals surface area contributed by atoms with E-state index in [1.54, 1.807) is 0 Å². The Bertz CT molecular complexity index is 328. The minimum atomic E-state index is -0.230. The van der Waals surface area contributed by atoms with Crippen molar-refractivity contribution >= 4 is 5.91 Å². The highest BCUT2D eigenvalue weighted by molar-refractivity contribution is 5.82. The SMILES string of the molecule is CCCNC(=O)C1COCCN1C(C(N)CC)C(C)(C)C. The molecule has 21 heavy (non-hydrogen) atoms. The fraction of sp³-hybridized carbons (Fsp3) is 0.938. The van der Waals surface area contributed by atoms with Crippen LogP contribution in [0.15, 0.2) is 0 Å². The second-order valence-electron chi connectivity index (χ2n) is 7.00. The Morgan fingerprint density at radius 3 is 2.62 bits per heavy atom. The number of rotatable bonds is 6. The van der Waals surface area contributed by atoms with Gasteiger partial charge >= 0.3 is 0 Å². The highest BCUT2D eigenvalue weighted by Gasteiger charge is 2.41. The van der Waals surface area contributed by atoms with Gasteiger partial charge in [-0.1, -0.05) is 34.6 Å². The molecule has 0 bridgehead atoms. The molecule has 5 nitrogen and oxygen atoms in total. The first kappa shape index (κ1) is 18.4. The Balaban J connectivity index is 2.93. The largest absolute Gasteiger partial charge is 0.378 e. The minimum absolute atomic E-state index is 0.0239. The van der Waals surface area contributed by atoms with Crippen LogP contribution in [-0.2, 0) is 9.53 Å². The van der Waals surface area contributed by atoms with Crippen LogP contribution in [0, 0.1) is 5.41 Å². The smallest absolute Gasteiger partial charge is 0.239 e. The van der Waals surface area contributed by atoms with Crippen LogP contribution in [0.2, 0.25) is 0 Å². The van der Waals surface area contributed by atoms with E-state index < -0.39 is 0 Å². The third-order valence-electron chi connectivity index (χ3n) is 4.14. The van der Waals surface area contributed by atoms with Crippen molar-refractivity contribution in [1.29, 1.82) is 0 Å². The van der Waals surface area contributed by atoms with Crippen molar-refractivity contribution in [2.45, 2.75) is 65.6 Å². The maximum Gasteiger partial charge on any atom is 0.239 e. The molecule has 0 aromatic heterocycles. The number of hydrogen-bond acceptors (Lipinski definition) is 4. The fourth-order valence-electron chi connectivity index (χ4n) is 3.15. The summed E-state index contributed by atoms with van der Waals surface area (Å²) < 4.78 is 5.55. The quantitative estimate of drug-likeness (QED) is 0.777. The molecule has 3 N–H and O–H groups in total. The summed E-state index contributed by atoms with van der Waals surface area (Å²) in [5, 5.41) is 2.99. The maximum atomic E-state index is 12.4. The number of nitrogens with one attached hydrogen (secondary N) is 1. The first-order valence-corrected chi connectivity index (χ1v) is 8.19. The summed E-state index contributed by atoms with van der Waals surface area (Å²) in [6, 6.07) is 0.000441. The summed E-state index contributed by atoms with van der Waals surface area (Å²) >= 11 is 0. The Morgan fingerprint density at radius 1 is 1.43 bits per heavy atom. The van der Waals surface area contributed by atoms with Gasteiger partial charge in [-0.25, -0.2) is 0 Å². The summed E-state index contributed by atoms with van der Waals surface area (Å²) in [6.45, 7) is 13.4. The molecular formula is C16H33N3O2. The van der Waals surface area contributed by atoms with E-state index in [9.17, 15) is 4.79 Å². The van der Waals surface area contributed by atoms with Crippen molar-refractivity contribution in [3.63, 3.8) is 0 Å². The highest BCUT2D eigenvalue weighted by Crippen LogP contribution is 2.30. The molecule has 1 aliphatic rings. The molecule has 1 aliphatic heterocycles. The zero-order chi connectivity index (χ0) is 16.0. The van der Waals surface area contributed by atoms with Crippen LogP contribution >= 0.6 is 0 Å². The molecule has 0 aromatic carbocycles. The molecule has 5 heteroatoms. The zero-order valence-electron chi connectivity index (χ0n) is 14.3. The Labute approximate surface area is 129 Å². The lowest BCUT2D eigenvalue weighted by atomic mass is 9.79. The zero-order valence-corrected chi connectivity index (χ0v) is 14.3. The van der Waals surface area contributed by atoms with Gasteiger partial charge in [0.1, 0.15) is 6.04 Å². The molecule has 1 fully saturated rings. The van der Waals surface area contributed by atoms with Crippen molar-refractivity contribution < 1.29 is 9.53 Å². The monoisotopic (exact) mass is 299 g/mol. The lowest BCUT2D eigenvalue weighted by molar-refractivity contribution is -0.137. The molecule has 0 aliphatic carbocycles. The number of carbonyl (C=O) groups is 1. The van der Waals surface area contributed by atoms with Crippen molar-refractivity contribution in [3.8, 4) is 0 Å². The molecule has 1 rings (SSSR count). The molecule has 0 saturated carbocycles. The van der Waals surface area contributed by atoms with E-state index in [2.05, 4.69) is 44.8 Å². The van der Waals surface area contributed by atoms with Gasteiger partial charge in [-0.3, -0.25) is 9.69 Å². The number of morpholine rings is 1. The van der Waals surface area contributed by atoms with E-state index in [1.165, 1.54) is 0 Å². The van der Waals surface area contributed by atoms with E-state index in [-0.39, 0.29) is 29.4 Å². The molecule has 1 amide bonds. The lowest BCUT2D eigenvalue weighted by Gasteiger charge is -2.48. The first-order valence-electron chi connectivity index (χ1n) is 8.19. The molecular weight excluding hydrogens is 266 g/mol. The summed E-state index contributed by atoms with van der Waals surface area (Å²) in [5.41, 5.74) is 6.41. The lowest BCUT2D eigenvalue weighted by Crippen LogP contribution is -2.64. The first-order chi connectivity index (χ1) is 9.82. The normalized spacial score (nSPS) is 23.6. The molecule has 0 aromatic rings. The molecule has 3 unspecified atom stereocenters. The second-order valence-corrected chi connectivity index (χ2v) is 7.00. The number of hydrogen-bond donors (Lipinski definition) is 2. The van der Waals surface area contributed by atoms with Crippen LogP contribution in [0.25, 0.3) is 0 Å². The third kappa shape index (κ3) is 4.94. The van der Waals surface area contributed by atoms with Gasteiger partial charge in [0.15, 0.2) is 0 Å². The number of carbonyl (C=O) groups excluding carboxylic acids is 1. The van der Waals surface area contributed by atoms with Gasteiger partial charge in [-0.05, 0) is 18.3 Å². The van der Waals surface area contributed by atoms with Crippen LogP contribution in [0.5, 0.6) is 0 Å². The standard InChI is InChI=1S/C16H33N3O2/c1-6-8-18-15(20)13-11-21-10-9-19(13)14(12(17)7-2)16(3,4)5/h12-14H,6-11,17H2,1-5H3,(H,18,20). The second kappa shape index (κ2) is 8.11. The molecule has 3 atom stereocenters. The Hall–Kier alpha value is -0.650. The van der Waals surface area contributed by atoms with E-state index in [0.717, 1.165) is 19.4 Å². The summed E-state index contributed by atoms with van der Waals surface area (Å²) in [4.78, 5) is 14.7. The number of nitrogens with two attached hydrogens (primary N) is 1.